The number of anilines is 1. The van der Waals surface area contributed by atoms with Crippen LogP contribution in [0.15, 0.2) is 29.9 Å². The van der Waals surface area contributed by atoms with Crippen LogP contribution in [0.4, 0.5) is 5.69 Å². The summed E-state index contributed by atoms with van der Waals surface area (Å²) in [4.78, 5) is 8.28. The van der Waals surface area contributed by atoms with E-state index in [1.807, 2.05) is 11.4 Å². The molecular weight excluding hydrogens is 170 g/mol. The summed E-state index contributed by atoms with van der Waals surface area (Å²) in [7, 11) is 0. The van der Waals surface area contributed by atoms with Crippen molar-refractivity contribution in [1.29, 1.82) is 0 Å². The van der Waals surface area contributed by atoms with Gasteiger partial charge in [0, 0.05) is 23.5 Å². The van der Waals surface area contributed by atoms with E-state index in [2.05, 4.69) is 9.97 Å². The van der Waals surface area contributed by atoms with Crippen molar-refractivity contribution in [2.75, 3.05) is 5.73 Å². The first-order valence-corrected chi connectivity index (χ1v) is 4.35. The summed E-state index contributed by atoms with van der Waals surface area (Å²) in [5.74, 6) is 0. The van der Waals surface area contributed by atoms with Crippen LogP contribution in [0.25, 0.3) is 10.7 Å². The van der Waals surface area contributed by atoms with E-state index in [0.717, 1.165) is 16.4 Å². The molecular formula is C8H7N3S. The summed E-state index contributed by atoms with van der Waals surface area (Å²) >= 11 is 1.56. The van der Waals surface area contributed by atoms with Gasteiger partial charge >= 0.3 is 0 Å². The molecule has 0 bridgehead atoms. The van der Waals surface area contributed by atoms with E-state index >= 15 is 0 Å². The van der Waals surface area contributed by atoms with Crippen molar-refractivity contribution < 1.29 is 0 Å². The zero-order chi connectivity index (χ0) is 8.39. The van der Waals surface area contributed by atoms with E-state index in [1.54, 1.807) is 29.8 Å². The Balaban J connectivity index is 2.48. The fourth-order valence-corrected chi connectivity index (χ4v) is 1.52. The van der Waals surface area contributed by atoms with Crippen LogP contribution in [0.5, 0.6) is 0 Å². The van der Waals surface area contributed by atoms with Crippen molar-refractivity contribution in [3.63, 3.8) is 0 Å². The number of pyridine rings is 1. The Morgan fingerprint density at radius 1 is 1.25 bits per heavy atom. The first kappa shape index (κ1) is 7.24. The number of nitrogen functional groups attached to an aromatic ring is 1. The molecule has 0 fully saturated rings. The molecule has 2 heterocycles. The summed E-state index contributed by atoms with van der Waals surface area (Å²) in [6.07, 6.45) is 3.44. The second-order valence-electron chi connectivity index (χ2n) is 2.31. The van der Waals surface area contributed by atoms with E-state index in [1.165, 1.54) is 0 Å². The highest BCUT2D eigenvalue weighted by Crippen LogP contribution is 2.20. The van der Waals surface area contributed by atoms with Crippen molar-refractivity contribution in [2.45, 2.75) is 0 Å². The van der Waals surface area contributed by atoms with Gasteiger partial charge in [-0.1, -0.05) is 0 Å². The number of hydrogen-bond acceptors (Lipinski definition) is 4. The lowest BCUT2D eigenvalue weighted by Crippen LogP contribution is -1.87. The van der Waals surface area contributed by atoms with Gasteiger partial charge in [0.1, 0.15) is 10.7 Å². The summed E-state index contributed by atoms with van der Waals surface area (Å²) in [5, 5.41) is 2.82. The number of thiazole rings is 1. The summed E-state index contributed by atoms with van der Waals surface area (Å²) in [6.45, 7) is 0. The summed E-state index contributed by atoms with van der Waals surface area (Å²) in [6, 6.07) is 3.58. The molecule has 0 atom stereocenters. The fraction of sp³-hybridized carbons (Fsp3) is 0. The average molecular weight is 177 g/mol. The van der Waals surface area contributed by atoms with Gasteiger partial charge in [0.2, 0.25) is 0 Å². The van der Waals surface area contributed by atoms with Crippen molar-refractivity contribution in [3.8, 4) is 10.7 Å². The van der Waals surface area contributed by atoms with Gasteiger partial charge in [0.05, 0.1) is 0 Å². The second kappa shape index (κ2) is 2.91. The van der Waals surface area contributed by atoms with Crippen LogP contribution < -0.4 is 5.73 Å². The van der Waals surface area contributed by atoms with Crippen LogP contribution in [-0.4, -0.2) is 9.97 Å². The van der Waals surface area contributed by atoms with E-state index < -0.39 is 0 Å². The first-order chi connectivity index (χ1) is 5.86. The lowest BCUT2D eigenvalue weighted by Gasteiger charge is -1.95. The van der Waals surface area contributed by atoms with Gasteiger partial charge < -0.3 is 5.73 Å². The van der Waals surface area contributed by atoms with Gasteiger partial charge in [0.15, 0.2) is 0 Å². The standard InChI is InChI=1S/C8H7N3S/c9-6-1-2-10-7(5-6)8-11-3-4-12-8/h1-5H,(H2,9,10). The molecule has 0 unspecified atom stereocenters. The maximum absolute atomic E-state index is 5.60. The molecule has 12 heavy (non-hydrogen) atoms. The Bertz CT molecular complexity index is 370. The van der Waals surface area contributed by atoms with Crippen LogP contribution in [0, 0.1) is 0 Å². The van der Waals surface area contributed by atoms with E-state index in [0.29, 0.717) is 0 Å². The number of aromatic nitrogens is 2. The molecule has 0 saturated heterocycles. The highest BCUT2D eigenvalue weighted by Gasteiger charge is 2.00. The first-order valence-electron chi connectivity index (χ1n) is 3.47. The number of rotatable bonds is 1. The largest absolute Gasteiger partial charge is 0.399 e. The zero-order valence-corrected chi connectivity index (χ0v) is 7.08. The Morgan fingerprint density at radius 3 is 2.83 bits per heavy atom. The molecule has 0 aromatic carbocycles. The number of nitrogens with two attached hydrogens (primary N) is 1. The highest BCUT2D eigenvalue weighted by atomic mass is 32.1. The summed E-state index contributed by atoms with van der Waals surface area (Å²) < 4.78 is 0. The van der Waals surface area contributed by atoms with Crippen LogP contribution in [-0.2, 0) is 0 Å². The molecule has 0 saturated carbocycles. The number of nitrogens with zero attached hydrogens (tertiary/aromatic N) is 2. The molecule has 0 spiro atoms. The molecule has 2 rings (SSSR count). The highest BCUT2D eigenvalue weighted by molar-refractivity contribution is 7.13. The van der Waals surface area contributed by atoms with Gasteiger partial charge in [-0.05, 0) is 12.1 Å². The Hall–Kier alpha value is -1.42. The predicted octanol–water partition coefficient (Wildman–Crippen LogP) is 1.79. The fourth-order valence-electron chi connectivity index (χ4n) is 0.914. The third-order valence-electron chi connectivity index (χ3n) is 1.44. The third kappa shape index (κ3) is 1.29. The summed E-state index contributed by atoms with van der Waals surface area (Å²) in [5.41, 5.74) is 7.16. The minimum absolute atomic E-state index is 0.718. The average Bonchev–Trinajstić information content (AvgIpc) is 2.56. The molecule has 2 aromatic rings. The van der Waals surface area contributed by atoms with Gasteiger partial charge in [-0.3, -0.25) is 4.98 Å². The Labute approximate surface area is 73.9 Å². The molecule has 3 nitrogen and oxygen atoms in total. The van der Waals surface area contributed by atoms with E-state index in [9.17, 15) is 0 Å². The lowest BCUT2D eigenvalue weighted by atomic mass is 10.3. The topological polar surface area (TPSA) is 51.8 Å². The van der Waals surface area contributed by atoms with Crippen molar-refractivity contribution in [1.82, 2.24) is 9.97 Å². The van der Waals surface area contributed by atoms with Gasteiger partial charge in [0.25, 0.3) is 0 Å². The minimum Gasteiger partial charge on any atom is -0.399 e. The van der Waals surface area contributed by atoms with E-state index in [-0.39, 0.29) is 0 Å². The molecule has 2 aromatic heterocycles. The quantitative estimate of drug-likeness (QED) is 0.722. The number of hydrogen-bond donors (Lipinski definition) is 1. The maximum Gasteiger partial charge on any atom is 0.141 e. The second-order valence-corrected chi connectivity index (χ2v) is 3.21. The van der Waals surface area contributed by atoms with Crippen LogP contribution in [0.2, 0.25) is 0 Å². The Morgan fingerprint density at radius 2 is 2.17 bits per heavy atom. The minimum atomic E-state index is 0.718. The van der Waals surface area contributed by atoms with Crippen molar-refractivity contribution in [2.24, 2.45) is 0 Å². The Kier molecular flexibility index (Phi) is 1.75. The van der Waals surface area contributed by atoms with Crippen molar-refractivity contribution in [3.05, 3.63) is 29.9 Å². The smallest absolute Gasteiger partial charge is 0.141 e. The molecule has 60 valence electrons. The van der Waals surface area contributed by atoms with E-state index in [4.69, 9.17) is 5.73 Å². The van der Waals surface area contributed by atoms with Crippen molar-refractivity contribution >= 4 is 17.0 Å². The zero-order valence-electron chi connectivity index (χ0n) is 6.27. The lowest BCUT2D eigenvalue weighted by molar-refractivity contribution is 1.29. The predicted molar refractivity (Wildman–Crippen MR) is 49.8 cm³/mol. The molecule has 0 radical (unpaired) electrons. The third-order valence-corrected chi connectivity index (χ3v) is 2.23. The molecule has 0 aliphatic carbocycles. The van der Waals surface area contributed by atoms with Crippen LogP contribution >= 0.6 is 11.3 Å². The SMILES string of the molecule is Nc1ccnc(-c2nccs2)c1. The van der Waals surface area contributed by atoms with Gasteiger partial charge in [-0.25, -0.2) is 4.98 Å². The molecule has 4 heteroatoms. The molecule has 0 amide bonds. The van der Waals surface area contributed by atoms with Gasteiger partial charge in [-0.2, -0.15) is 0 Å². The normalized spacial score (nSPS) is 10.0. The molecule has 0 aliphatic heterocycles. The van der Waals surface area contributed by atoms with Crippen LogP contribution in [0.1, 0.15) is 0 Å². The monoisotopic (exact) mass is 177 g/mol. The maximum atomic E-state index is 5.60. The molecule has 2 N–H and O–H groups in total. The van der Waals surface area contributed by atoms with Crippen LogP contribution in [0.3, 0.4) is 0 Å². The van der Waals surface area contributed by atoms with Gasteiger partial charge in [-0.15, -0.1) is 11.3 Å². The molecule has 0 aliphatic rings.